The van der Waals surface area contributed by atoms with Crippen LogP contribution >= 0.6 is 0 Å². The first kappa shape index (κ1) is 93.5. The van der Waals surface area contributed by atoms with Gasteiger partial charge in [0.25, 0.3) is 0 Å². The molecule has 0 atom stereocenters. The molecule has 0 unspecified atom stereocenters. The Hall–Kier alpha value is -16.6. The summed E-state index contributed by atoms with van der Waals surface area (Å²) < 4.78 is 0. The normalized spacial score (nSPS) is 10.3. The van der Waals surface area contributed by atoms with Crippen molar-refractivity contribution in [1.82, 2.24) is 89.7 Å². The number of phenols is 12. The number of nitrogen functional groups attached to an aromatic ring is 6. The maximum atomic E-state index is 9.50. The molecule has 0 saturated heterocycles. The van der Waals surface area contributed by atoms with E-state index in [0.717, 1.165) is 33.4 Å². The Bertz CT molecular complexity index is 5370. The Morgan fingerprint density at radius 1 is 0.236 bits per heavy atom. The molecule has 12 rings (SSSR count). The number of nitrogens with two attached hydrogens (primary N) is 6. The summed E-state index contributed by atoms with van der Waals surface area (Å²) in [4.78, 5) is 81.9. The number of nitrogens with one attached hydrogen (secondary N) is 7. The van der Waals surface area contributed by atoms with E-state index in [9.17, 15) is 61.3 Å². The third-order valence-electron chi connectivity index (χ3n) is 16.4. The molecule has 0 spiro atoms. The number of aromatic hydroxyl groups is 12. The van der Waals surface area contributed by atoms with Crippen molar-refractivity contribution in [3.63, 3.8) is 0 Å². The van der Waals surface area contributed by atoms with Gasteiger partial charge in [0, 0.05) is 117 Å². The number of hydrogen-bond acceptors (Lipinski definition) is 48. The number of anilines is 18. The van der Waals surface area contributed by atoms with Gasteiger partial charge in [-0.25, -0.2) is 0 Å². The molecule has 12 aromatic rings. The number of benzene rings is 6. The number of likely N-dealkylation sites (N-methyl/N-ethyl adjacent to an activating group) is 2. The highest BCUT2D eigenvalue weighted by molar-refractivity contribution is 5.51. The monoisotopic (exact) mass is 1700 g/mol. The standard InChI is InChI=1S/C14H20N6O2.2C13H18N6O2.2C12H16N6O2.C11H14N6O2/c1-19(2)13-16-12(17-14(18-13)20(3)4)15-8-9-5-6-10(21)11(22)7-9;1-14-11-16-12(18-13(17-11)19(2)3)15-7-8-4-5-9(20)10(21)6-8;1-15-12-16-11(14)17-13(18-12)19(2)6-5-8-3-4-9(20)10(21)7-8;1-18(12-16-10(13)15-11(14)17-12)5-4-7-2-3-8(19)9(20)6-7;1-14-11-16-10(13)17-12(18-11)15-5-4-7-2-3-8(19)9(20)6-7;12-9-15-10(13)17-11(16-9)14-4-3-6-1-2-7(18)8(19)5-6/h5-7,21-22H,8H2,1-4H3,(H,15,16,17,18);4-6,20-21H,7H2,1-3H3,(H2,14,15,16,17,18);3-4,7,20-21H,5-6H2,1-2H3,(H3,14,15,16,17,18);2-3,6,19-20H,4-5H2,1H3,(H4,13,14,15,16,17);2-3,6,19-20H,4-5H2,1H3,(H4,13,14,15,16,17,18);1-2,5,18-19H,3-4H2,(H5,12,13,14,15,16,17). The van der Waals surface area contributed by atoms with Crippen LogP contribution in [0.1, 0.15) is 33.4 Å². The van der Waals surface area contributed by atoms with Gasteiger partial charge >= 0.3 is 0 Å². The molecule has 6 aromatic carbocycles. The van der Waals surface area contributed by atoms with Gasteiger partial charge in [0.2, 0.25) is 107 Å². The molecule has 0 amide bonds. The van der Waals surface area contributed by atoms with Gasteiger partial charge in [0.1, 0.15) is 0 Å². The Balaban J connectivity index is 0.000000203. The number of rotatable bonds is 28. The Labute approximate surface area is 705 Å². The number of aromatic nitrogens is 18. The molecule has 0 aliphatic heterocycles. The number of nitrogens with zero attached hydrogens (tertiary/aromatic N) is 23. The highest BCUT2D eigenvalue weighted by Gasteiger charge is 2.16. The molecule has 31 N–H and O–H groups in total. The molecule has 0 aliphatic rings. The largest absolute Gasteiger partial charge is 0.504 e. The van der Waals surface area contributed by atoms with Crippen LogP contribution in [0.2, 0.25) is 0 Å². The van der Waals surface area contributed by atoms with Gasteiger partial charge in [-0.1, -0.05) is 36.4 Å². The summed E-state index contributed by atoms with van der Waals surface area (Å²) >= 11 is 0. The maximum absolute atomic E-state index is 9.50. The first-order valence-electron chi connectivity index (χ1n) is 37.0. The fourth-order valence-electron chi connectivity index (χ4n) is 9.94. The molecule has 0 radical (unpaired) electrons. The Morgan fingerprint density at radius 3 is 0.797 bits per heavy atom. The zero-order valence-corrected chi connectivity index (χ0v) is 69.1. The molecule has 0 fully saturated rings. The lowest BCUT2D eigenvalue weighted by atomic mass is 10.1. The lowest BCUT2D eigenvalue weighted by Crippen LogP contribution is -2.23. The van der Waals surface area contributed by atoms with Gasteiger partial charge in [-0.3, -0.25) is 0 Å². The minimum absolute atomic E-state index is 0.0530. The predicted octanol–water partition coefficient (Wildman–Crippen LogP) is 3.40. The van der Waals surface area contributed by atoms with E-state index < -0.39 is 0 Å². The average Bonchev–Trinajstić information content (AvgIpc) is 0.845. The van der Waals surface area contributed by atoms with E-state index in [2.05, 4.69) is 127 Å². The van der Waals surface area contributed by atoms with Crippen LogP contribution < -0.4 is 96.1 Å². The smallest absolute Gasteiger partial charge is 0.231 e. The van der Waals surface area contributed by atoms with Crippen molar-refractivity contribution in [2.24, 2.45) is 0 Å². The first-order valence-corrected chi connectivity index (χ1v) is 37.0. The second kappa shape index (κ2) is 45.2. The lowest BCUT2D eigenvalue weighted by Gasteiger charge is -2.17. The van der Waals surface area contributed by atoms with Crippen LogP contribution in [0.25, 0.3) is 0 Å². The van der Waals surface area contributed by atoms with Crippen LogP contribution in [0.3, 0.4) is 0 Å². The summed E-state index contributed by atoms with van der Waals surface area (Å²) in [6, 6.07) is 28.0. The van der Waals surface area contributed by atoms with E-state index >= 15 is 0 Å². The van der Waals surface area contributed by atoms with Crippen LogP contribution in [0.5, 0.6) is 69.0 Å². The second-order valence-corrected chi connectivity index (χ2v) is 26.7. The zero-order chi connectivity index (χ0) is 90.1. The fraction of sp³-hybridized carbons (Fsp3) is 0.280. The van der Waals surface area contributed by atoms with Crippen LogP contribution in [0.4, 0.5) is 107 Å². The maximum Gasteiger partial charge on any atom is 0.231 e. The number of hydrogen-bond donors (Lipinski definition) is 25. The molecule has 123 heavy (non-hydrogen) atoms. The van der Waals surface area contributed by atoms with E-state index in [1.807, 2.05) is 54.2 Å². The predicted molar refractivity (Wildman–Crippen MR) is 469 cm³/mol. The van der Waals surface area contributed by atoms with E-state index in [1.165, 1.54) is 72.8 Å². The van der Waals surface area contributed by atoms with Gasteiger partial charge in [-0.05, 0) is 132 Å². The van der Waals surface area contributed by atoms with Gasteiger partial charge < -0.3 is 157 Å². The average molecular weight is 1700 g/mol. The van der Waals surface area contributed by atoms with Gasteiger partial charge in [-0.2, -0.15) is 89.7 Å². The summed E-state index contributed by atoms with van der Waals surface area (Å²) in [7, 11) is 19.9. The summed E-state index contributed by atoms with van der Waals surface area (Å²) in [5.74, 6) is 4.13. The minimum Gasteiger partial charge on any atom is -0.504 e. The Morgan fingerprint density at radius 2 is 0.463 bits per heavy atom. The van der Waals surface area contributed by atoms with Crippen molar-refractivity contribution in [2.45, 2.75) is 38.8 Å². The quantitative estimate of drug-likeness (QED) is 0.0312. The second-order valence-electron chi connectivity index (χ2n) is 26.7. The van der Waals surface area contributed by atoms with Gasteiger partial charge in [0.15, 0.2) is 69.0 Å². The summed E-state index contributed by atoms with van der Waals surface area (Å²) in [6.45, 7) is 3.11. The third-order valence-corrected chi connectivity index (χ3v) is 16.4. The van der Waals surface area contributed by atoms with Crippen LogP contribution in [-0.2, 0) is 38.8 Å². The van der Waals surface area contributed by atoms with Crippen molar-refractivity contribution in [3.8, 4) is 69.0 Å². The Kier molecular flexibility index (Phi) is 34.4. The molecule has 48 heteroatoms. The first-order chi connectivity index (χ1) is 58.4. The molecule has 654 valence electrons. The minimum atomic E-state index is -0.158. The van der Waals surface area contributed by atoms with E-state index in [1.54, 1.807) is 84.2 Å². The van der Waals surface area contributed by atoms with Crippen molar-refractivity contribution >= 4 is 107 Å². The van der Waals surface area contributed by atoms with Crippen molar-refractivity contribution in [2.75, 3.05) is 200 Å². The van der Waals surface area contributed by atoms with Crippen molar-refractivity contribution in [3.05, 3.63) is 143 Å². The molecular weight excluding hydrogens is 1600 g/mol. The fourth-order valence-corrected chi connectivity index (χ4v) is 9.94. The molecule has 0 bridgehead atoms. The molecule has 6 aromatic heterocycles. The van der Waals surface area contributed by atoms with Crippen LogP contribution in [-0.4, -0.2) is 255 Å². The van der Waals surface area contributed by atoms with E-state index in [-0.39, 0.29) is 105 Å². The van der Waals surface area contributed by atoms with Crippen LogP contribution in [0, 0.1) is 0 Å². The molecular formula is C75H102N36O12. The highest BCUT2D eigenvalue weighted by Crippen LogP contribution is 2.31. The van der Waals surface area contributed by atoms with Gasteiger partial charge in [0.05, 0.1) is 0 Å². The topological polar surface area (TPSA) is 731 Å². The summed E-state index contributed by atoms with van der Waals surface area (Å²) in [5, 5.41) is 133. The van der Waals surface area contributed by atoms with E-state index in [0.29, 0.717) is 136 Å². The van der Waals surface area contributed by atoms with Crippen molar-refractivity contribution in [1.29, 1.82) is 0 Å². The zero-order valence-electron chi connectivity index (χ0n) is 69.1. The molecule has 0 saturated carbocycles. The lowest BCUT2D eigenvalue weighted by molar-refractivity contribution is 0.403. The van der Waals surface area contributed by atoms with Crippen molar-refractivity contribution < 1.29 is 61.3 Å². The van der Waals surface area contributed by atoms with Crippen LogP contribution in [0.15, 0.2) is 109 Å². The van der Waals surface area contributed by atoms with Gasteiger partial charge in [-0.15, -0.1) is 0 Å². The molecule has 48 nitrogen and oxygen atoms in total. The van der Waals surface area contributed by atoms with E-state index in [4.69, 9.17) is 34.4 Å². The molecule has 0 aliphatic carbocycles. The SMILES string of the molecule is CN(C)c1nc(NCc2ccc(O)c(O)c2)nc(N(C)C)n1.CN(CCc1ccc(O)c(O)c1)c1nc(N)nc(N)n1.CNc1nc(N)nc(N(C)CCc2ccc(O)c(O)c2)n1.CNc1nc(N)nc(NCCc2ccc(O)c(O)c2)n1.CNc1nc(NCc2ccc(O)c(O)c2)nc(N(C)C)n1.Nc1nc(N)nc(NCCc2ccc(O)c(O)c2)n1. The third kappa shape index (κ3) is 30.7. The highest BCUT2D eigenvalue weighted by atomic mass is 16.3. The number of phenolic OH excluding ortho intramolecular Hbond substituents is 12. The summed E-state index contributed by atoms with van der Waals surface area (Å²) in [6.07, 6.45) is 2.54. The summed E-state index contributed by atoms with van der Waals surface area (Å²) in [5.41, 5.74) is 38.2. The molecule has 6 heterocycles.